The molecule has 27 heavy (non-hydrogen) atoms. The summed E-state index contributed by atoms with van der Waals surface area (Å²) in [5.74, 6) is 0.847. The van der Waals surface area contributed by atoms with E-state index in [1.165, 1.54) is 11.3 Å². The molecule has 0 amide bonds. The van der Waals surface area contributed by atoms with Crippen LogP contribution >= 0.6 is 11.3 Å². The maximum absolute atomic E-state index is 12.8. The third kappa shape index (κ3) is 3.93. The molecule has 0 radical (unpaired) electrons. The van der Waals surface area contributed by atoms with Gasteiger partial charge in [0.25, 0.3) is 10.0 Å². The van der Waals surface area contributed by atoms with Crippen molar-refractivity contribution >= 4 is 32.9 Å². The number of ether oxygens (including phenoxy) is 1. The minimum Gasteiger partial charge on any atom is -0.378 e. The Bertz CT molecular complexity index is 887. The quantitative estimate of drug-likeness (QED) is 0.751. The van der Waals surface area contributed by atoms with E-state index in [2.05, 4.69) is 20.0 Å². The van der Waals surface area contributed by atoms with Crippen LogP contribution < -0.4 is 9.80 Å². The van der Waals surface area contributed by atoms with Gasteiger partial charge in [-0.25, -0.2) is 8.42 Å². The first-order chi connectivity index (χ1) is 13.0. The SMILES string of the molecule is Cc1ccc(S(=O)(=O)N2CCN(c3cnnc(N4CCOCC4)c3)CC2)s1. The van der Waals surface area contributed by atoms with Crippen LogP contribution in [0.25, 0.3) is 0 Å². The summed E-state index contributed by atoms with van der Waals surface area (Å²) in [5, 5.41) is 8.39. The number of morpholine rings is 1. The highest BCUT2D eigenvalue weighted by atomic mass is 32.2. The minimum atomic E-state index is -3.40. The molecule has 0 N–H and O–H groups in total. The van der Waals surface area contributed by atoms with Crippen molar-refractivity contribution in [2.45, 2.75) is 11.1 Å². The van der Waals surface area contributed by atoms with Gasteiger partial charge in [0.15, 0.2) is 5.82 Å². The first kappa shape index (κ1) is 18.6. The Labute approximate surface area is 163 Å². The van der Waals surface area contributed by atoms with Crippen molar-refractivity contribution in [1.82, 2.24) is 14.5 Å². The van der Waals surface area contributed by atoms with Gasteiger partial charge in [0, 0.05) is 50.2 Å². The molecular formula is C17H23N5O3S2. The smallest absolute Gasteiger partial charge is 0.252 e. The van der Waals surface area contributed by atoms with Crippen LogP contribution in [0.1, 0.15) is 4.88 Å². The maximum atomic E-state index is 12.8. The van der Waals surface area contributed by atoms with Crippen LogP contribution in [0.3, 0.4) is 0 Å². The predicted molar refractivity (Wildman–Crippen MR) is 105 cm³/mol. The minimum absolute atomic E-state index is 0.425. The lowest BCUT2D eigenvalue weighted by Crippen LogP contribution is -2.48. The normalized spacial score (nSPS) is 19.4. The highest BCUT2D eigenvalue weighted by Crippen LogP contribution is 2.27. The van der Waals surface area contributed by atoms with E-state index >= 15 is 0 Å². The van der Waals surface area contributed by atoms with Crippen LogP contribution in [-0.2, 0) is 14.8 Å². The summed E-state index contributed by atoms with van der Waals surface area (Å²) in [5.41, 5.74) is 0.982. The van der Waals surface area contributed by atoms with Crippen molar-refractivity contribution in [1.29, 1.82) is 0 Å². The fraction of sp³-hybridized carbons (Fsp3) is 0.529. The Hall–Kier alpha value is -1.75. The van der Waals surface area contributed by atoms with Gasteiger partial charge in [0.2, 0.25) is 0 Å². The van der Waals surface area contributed by atoms with E-state index in [1.807, 2.05) is 19.1 Å². The average molecular weight is 410 g/mol. The average Bonchev–Trinajstić information content (AvgIpc) is 3.16. The van der Waals surface area contributed by atoms with Crippen molar-refractivity contribution in [3.8, 4) is 0 Å². The number of piperazine rings is 1. The van der Waals surface area contributed by atoms with E-state index in [-0.39, 0.29) is 0 Å². The second-order valence-corrected chi connectivity index (χ2v) is 10.1. The zero-order valence-corrected chi connectivity index (χ0v) is 16.9. The molecule has 0 aliphatic carbocycles. The van der Waals surface area contributed by atoms with Crippen molar-refractivity contribution < 1.29 is 13.2 Å². The number of hydrogen-bond donors (Lipinski definition) is 0. The van der Waals surface area contributed by atoms with Crippen LogP contribution in [0.2, 0.25) is 0 Å². The molecule has 2 aliphatic rings. The fourth-order valence-electron chi connectivity index (χ4n) is 3.33. The Kier molecular flexibility index (Phi) is 5.31. The Balaban J connectivity index is 1.43. The molecule has 2 saturated heterocycles. The van der Waals surface area contributed by atoms with Gasteiger partial charge in [-0.15, -0.1) is 16.4 Å². The molecule has 0 unspecified atom stereocenters. The van der Waals surface area contributed by atoms with Crippen molar-refractivity contribution in [3.63, 3.8) is 0 Å². The molecule has 0 atom stereocenters. The molecule has 2 aromatic heterocycles. The zero-order valence-electron chi connectivity index (χ0n) is 15.2. The second-order valence-electron chi connectivity index (χ2n) is 6.63. The van der Waals surface area contributed by atoms with Crippen molar-refractivity contribution in [2.75, 3.05) is 62.3 Å². The fourth-order valence-corrected chi connectivity index (χ4v) is 6.19. The number of anilines is 2. The molecule has 4 heterocycles. The molecule has 0 aromatic carbocycles. The number of nitrogens with zero attached hydrogens (tertiary/aromatic N) is 5. The van der Waals surface area contributed by atoms with Crippen molar-refractivity contribution in [3.05, 3.63) is 29.3 Å². The van der Waals surface area contributed by atoms with Gasteiger partial charge < -0.3 is 14.5 Å². The van der Waals surface area contributed by atoms with Crippen LogP contribution in [0.5, 0.6) is 0 Å². The summed E-state index contributed by atoms with van der Waals surface area (Å²) in [7, 11) is -3.40. The zero-order chi connectivity index (χ0) is 18.9. The highest BCUT2D eigenvalue weighted by Gasteiger charge is 2.30. The molecule has 10 heteroatoms. The van der Waals surface area contributed by atoms with Gasteiger partial charge in [0.1, 0.15) is 4.21 Å². The number of rotatable bonds is 4. The molecule has 0 saturated carbocycles. The summed E-state index contributed by atoms with van der Waals surface area (Å²) < 4.78 is 33.0. The molecule has 4 rings (SSSR count). The number of aryl methyl sites for hydroxylation is 1. The topological polar surface area (TPSA) is 78.9 Å². The lowest BCUT2D eigenvalue weighted by molar-refractivity contribution is 0.122. The number of sulfonamides is 1. The molecule has 2 fully saturated rings. The van der Waals surface area contributed by atoms with Gasteiger partial charge >= 0.3 is 0 Å². The highest BCUT2D eigenvalue weighted by molar-refractivity contribution is 7.91. The van der Waals surface area contributed by atoms with Gasteiger partial charge in [0.05, 0.1) is 25.1 Å². The lowest BCUT2D eigenvalue weighted by atomic mass is 10.3. The molecule has 2 aromatic rings. The number of thiophene rings is 1. The standard InChI is InChI=1S/C17H23N5O3S2/c1-14-2-3-17(26-14)27(23,24)22-6-4-20(5-7-22)15-12-16(19-18-13-15)21-8-10-25-11-9-21/h2-3,12-13H,4-11H2,1H3. The van der Waals surface area contributed by atoms with Gasteiger partial charge in [-0.05, 0) is 19.1 Å². The largest absolute Gasteiger partial charge is 0.378 e. The van der Waals surface area contributed by atoms with E-state index in [1.54, 1.807) is 16.6 Å². The van der Waals surface area contributed by atoms with E-state index in [9.17, 15) is 8.42 Å². The third-order valence-electron chi connectivity index (χ3n) is 4.88. The monoisotopic (exact) mass is 409 g/mol. The Morgan fingerprint density at radius 3 is 2.44 bits per heavy atom. The predicted octanol–water partition coefficient (Wildman–Crippen LogP) is 1.19. The molecule has 8 nitrogen and oxygen atoms in total. The maximum Gasteiger partial charge on any atom is 0.252 e. The summed E-state index contributed by atoms with van der Waals surface area (Å²) in [4.78, 5) is 5.34. The first-order valence-electron chi connectivity index (χ1n) is 9.01. The summed E-state index contributed by atoms with van der Waals surface area (Å²) >= 11 is 1.33. The third-order valence-corrected chi connectivity index (χ3v) is 8.24. The van der Waals surface area contributed by atoms with Crippen LogP contribution in [-0.4, -0.2) is 75.4 Å². The van der Waals surface area contributed by atoms with Gasteiger partial charge in [-0.3, -0.25) is 0 Å². The molecule has 0 bridgehead atoms. The van der Waals surface area contributed by atoms with Gasteiger partial charge in [-0.1, -0.05) is 0 Å². The second kappa shape index (κ2) is 7.70. The number of hydrogen-bond acceptors (Lipinski definition) is 8. The molecular weight excluding hydrogens is 386 g/mol. The Morgan fingerprint density at radius 1 is 1.04 bits per heavy atom. The van der Waals surface area contributed by atoms with Crippen LogP contribution in [0, 0.1) is 6.92 Å². The van der Waals surface area contributed by atoms with E-state index in [0.29, 0.717) is 43.6 Å². The first-order valence-corrected chi connectivity index (χ1v) is 11.3. The summed E-state index contributed by atoms with van der Waals surface area (Å²) in [6.07, 6.45) is 1.75. The van der Waals surface area contributed by atoms with Gasteiger partial charge in [-0.2, -0.15) is 9.40 Å². The molecule has 2 aliphatic heterocycles. The van der Waals surface area contributed by atoms with Crippen LogP contribution in [0.4, 0.5) is 11.5 Å². The number of aromatic nitrogens is 2. The summed E-state index contributed by atoms with van der Waals surface area (Å²) in [6.45, 7) is 7.15. The summed E-state index contributed by atoms with van der Waals surface area (Å²) in [6, 6.07) is 5.58. The van der Waals surface area contributed by atoms with E-state index < -0.39 is 10.0 Å². The Morgan fingerprint density at radius 2 is 1.78 bits per heavy atom. The molecule has 146 valence electrons. The lowest BCUT2D eigenvalue weighted by Gasteiger charge is -2.35. The van der Waals surface area contributed by atoms with E-state index in [0.717, 1.165) is 29.5 Å². The van der Waals surface area contributed by atoms with Crippen LogP contribution in [0.15, 0.2) is 28.6 Å². The molecule has 0 spiro atoms. The van der Waals surface area contributed by atoms with Crippen molar-refractivity contribution in [2.24, 2.45) is 0 Å². The van der Waals surface area contributed by atoms with E-state index in [4.69, 9.17) is 4.74 Å².